The zero-order chi connectivity index (χ0) is 15.5. The van der Waals surface area contributed by atoms with Crippen LogP contribution < -0.4 is 4.74 Å². The molecule has 0 amide bonds. The van der Waals surface area contributed by atoms with Crippen LogP contribution in [-0.2, 0) is 20.6 Å². The van der Waals surface area contributed by atoms with Crippen LogP contribution in [0, 0.1) is 5.92 Å². The Morgan fingerprint density at radius 1 is 1.38 bits per heavy atom. The van der Waals surface area contributed by atoms with E-state index < -0.39 is 10.0 Å². The number of hydrogen-bond acceptors (Lipinski definition) is 4. The Kier molecular flexibility index (Phi) is 5.48. The van der Waals surface area contributed by atoms with Gasteiger partial charge in [-0.15, -0.1) is 11.6 Å². The van der Waals surface area contributed by atoms with Gasteiger partial charge in [0.15, 0.2) is 0 Å². The highest BCUT2D eigenvalue weighted by Crippen LogP contribution is 2.31. The van der Waals surface area contributed by atoms with Gasteiger partial charge in [0.1, 0.15) is 10.6 Å². The molecule has 1 unspecified atom stereocenters. The monoisotopic (exact) mass is 333 g/mol. The van der Waals surface area contributed by atoms with Crippen molar-refractivity contribution in [2.45, 2.75) is 17.2 Å². The van der Waals surface area contributed by atoms with Crippen molar-refractivity contribution < 1.29 is 17.9 Å². The molecule has 1 aromatic rings. The Bertz CT molecular complexity index is 591. The van der Waals surface area contributed by atoms with Crippen LogP contribution in [-0.4, -0.2) is 46.6 Å². The number of rotatable bonds is 6. The van der Waals surface area contributed by atoms with Crippen LogP contribution in [0.3, 0.4) is 0 Å². The molecule has 0 aliphatic carbocycles. The number of ether oxygens (including phenoxy) is 2. The number of nitrogens with zero attached hydrogens (tertiary/aromatic N) is 1. The third-order valence-electron chi connectivity index (χ3n) is 3.65. The van der Waals surface area contributed by atoms with Crippen LogP contribution in [0.5, 0.6) is 5.75 Å². The fourth-order valence-corrected chi connectivity index (χ4v) is 4.44. The van der Waals surface area contributed by atoms with Crippen molar-refractivity contribution in [3.8, 4) is 5.75 Å². The standard InChI is InChI=1S/C14H20ClNO4S/c1-19-10-12-5-6-16(9-12)21(17,18)14-7-11(8-15)3-4-13(14)20-2/h3-4,7,12H,5-6,8-10H2,1-2H3. The summed E-state index contributed by atoms with van der Waals surface area (Å²) in [5, 5.41) is 0. The lowest BCUT2D eigenvalue weighted by atomic mass is 10.1. The number of hydrogen-bond donors (Lipinski definition) is 0. The first-order valence-corrected chi connectivity index (χ1v) is 8.72. The molecule has 0 radical (unpaired) electrons. The lowest BCUT2D eigenvalue weighted by Gasteiger charge is -2.19. The van der Waals surface area contributed by atoms with Gasteiger partial charge in [0.2, 0.25) is 10.0 Å². The average molecular weight is 334 g/mol. The van der Waals surface area contributed by atoms with E-state index in [0.717, 1.165) is 12.0 Å². The van der Waals surface area contributed by atoms with Crippen LogP contribution >= 0.6 is 11.6 Å². The van der Waals surface area contributed by atoms with Crippen molar-refractivity contribution in [3.63, 3.8) is 0 Å². The molecule has 1 aliphatic heterocycles. The Hall–Kier alpha value is -0.820. The van der Waals surface area contributed by atoms with Crippen LogP contribution in [0.15, 0.2) is 23.1 Å². The Morgan fingerprint density at radius 2 is 2.14 bits per heavy atom. The first-order valence-electron chi connectivity index (χ1n) is 6.75. The molecule has 0 aromatic heterocycles. The highest BCUT2D eigenvalue weighted by molar-refractivity contribution is 7.89. The molecule has 1 aliphatic rings. The molecule has 0 N–H and O–H groups in total. The number of benzene rings is 1. The Morgan fingerprint density at radius 3 is 2.76 bits per heavy atom. The third-order valence-corrected chi connectivity index (χ3v) is 5.85. The second-order valence-electron chi connectivity index (χ2n) is 5.09. The highest BCUT2D eigenvalue weighted by atomic mass is 35.5. The molecule has 7 heteroatoms. The van der Waals surface area contributed by atoms with Gasteiger partial charge in [-0.25, -0.2) is 8.42 Å². The smallest absolute Gasteiger partial charge is 0.246 e. The quantitative estimate of drug-likeness (QED) is 0.748. The minimum absolute atomic E-state index is 0.182. The molecule has 1 aromatic carbocycles. The second-order valence-corrected chi connectivity index (χ2v) is 7.27. The first kappa shape index (κ1) is 16.5. The Balaban J connectivity index is 2.31. The van der Waals surface area contributed by atoms with Gasteiger partial charge in [0, 0.05) is 26.1 Å². The van der Waals surface area contributed by atoms with E-state index in [1.165, 1.54) is 11.4 Å². The van der Waals surface area contributed by atoms with Crippen molar-refractivity contribution in [2.75, 3.05) is 33.9 Å². The summed E-state index contributed by atoms with van der Waals surface area (Å²) in [7, 11) is -0.477. The maximum atomic E-state index is 12.8. The van der Waals surface area contributed by atoms with Crippen molar-refractivity contribution in [2.24, 2.45) is 5.92 Å². The molecule has 0 spiro atoms. The lowest BCUT2D eigenvalue weighted by Crippen LogP contribution is -2.29. The van der Waals surface area contributed by atoms with E-state index in [0.29, 0.717) is 25.4 Å². The fraction of sp³-hybridized carbons (Fsp3) is 0.571. The number of methoxy groups -OCH3 is 2. The van der Waals surface area contributed by atoms with Gasteiger partial charge in [0.05, 0.1) is 13.7 Å². The second kappa shape index (κ2) is 6.96. The molecule has 1 fully saturated rings. The van der Waals surface area contributed by atoms with Gasteiger partial charge >= 0.3 is 0 Å². The Labute approximate surface area is 130 Å². The van der Waals surface area contributed by atoms with Gasteiger partial charge in [-0.3, -0.25) is 0 Å². The van der Waals surface area contributed by atoms with E-state index in [2.05, 4.69) is 0 Å². The third kappa shape index (κ3) is 3.51. The lowest BCUT2D eigenvalue weighted by molar-refractivity contribution is 0.157. The maximum Gasteiger partial charge on any atom is 0.246 e. The van der Waals surface area contributed by atoms with Gasteiger partial charge < -0.3 is 9.47 Å². The molecule has 1 saturated heterocycles. The summed E-state index contributed by atoms with van der Waals surface area (Å²) in [4.78, 5) is 0.182. The minimum Gasteiger partial charge on any atom is -0.495 e. The van der Waals surface area contributed by atoms with Crippen molar-refractivity contribution in [3.05, 3.63) is 23.8 Å². The SMILES string of the molecule is COCC1CCN(S(=O)(=O)c2cc(CCl)ccc2OC)C1. The van der Waals surface area contributed by atoms with Crippen molar-refractivity contribution >= 4 is 21.6 Å². The number of alkyl halides is 1. The van der Waals surface area contributed by atoms with Crippen molar-refractivity contribution in [1.82, 2.24) is 4.31 Å². The summed E-state index contributed by atoms with van der Waals surface area (Å²) in [5.74, 6) is 0.852. The van der Waals surface area contributed by atoms with E-state index in [4.69, 9.17) is 21.1 Å². The van der Waals surface area contributed by atoms with Gasteiger partial charge in [-0.1, -0.05) is 6.07 Å². The summed E-state index contributed by atoms with van der Waals surface area (Å²) < 4.78 is 37.4. The van der Waals surface area contributed by atoms with Gasteiger partial charge in [-0.05, 0) is 30.0 Å². The summed E-state index contributed by atoms with van der Waals surface area (Å²) in [6, 6.07) is 5.00. The predicted molar refractivity (Wildman–Crippen MR) is 81.3 cm³/mol. The first-order chi connectivity index (χ1) is 10.0. The van der Waals surface area contributed by atoms with E-state index in [-0.39, 0.29) is 16.7 Å². The molecule has 5 nitrogen and oxygen atoms in total. The van der Waals surface area contributed by atoms with E-state index in [9.17, 15) is 8.42 Å². The summed E-state index contributed by atoms with van der Waals surface area (Å²) in [6.45, 7) is 1.56. The molecule has 1 atom stereocenters. The summed E-state index contributed by atoms with van der Waals surface area (Å²) in [5.41, 5.74) is 0.753. The van der Waals surface area contributed by atoms with Gasteiger partial charge in [0.25, 0.3) is 0 Å². The molecule has 0 bridgehead atoms. The predicted octanol–water partition coefficient (Wildman–Crippen LogP) is 2.09. The largest absolute Gasteiger partial charge is 0.495 e. The molecule has 2 rings (SSSR count). The van der Waals surface area contributed by atoms with Gasteiger partial charge in [-0.2, -0.15) is 4.31 Å². The van der Waals surface area contributed by atoms with Crippen LogP contribution in [0.2, 0.25) is 0 Å². The summed E-state index contributed by atoms with van der Waals surface area (Å²) >= 11 is 5.80. The highest BCUT2D eigenvalue weighted by Gasteiger charge is 2.34. The normalized spacial score (nSPS) is 19.9. The average Bonchev–Trinajstić information content (AvgIpc) is 2.96. The number of halogens is 1. The zero-order valence-electron chi connectivity index (χ0n) is 12.2. The molecular weight excluding hydrogens is 314 g/mol. The maximum absolute atomic E-state index is 12.8. The minimum atomic E-state index is -3.57. The molecule has 1 heterocycles. The van der Waals surface area contributed by atoms with Crippen molar-refractivity contribution in [1.29, 1.82) is 0 Å². The molecule has 0 saturated carbocycles. The topological polar surface area (TPSA) is 55.8 Å². The van der Waals surface area contributed by atoms with Crippen LogP contribution in [0.1, 0.15) is 12.0 Å². The summed E-state index contributed by atoms with van der Waals surface area (Å²) in [6.07, 6.45) is 0.810. The van der Waals surface area contributed by atoms with Crippen LogP contribution in [0.25, 0.3) is 0 Å². The molecule has 118 valence electrons. The molecular formula is C14H20ClNO4S. The zero-order valence-corrected chi connectivity index (χ0v) is 13.8. The van der Waals surface area contributed by atoms with Crippen LogP contribution in [0.4, 0.5) is 0 Å². The molecule has 21 heavy (non-hydrogen) atoms. The van der Waals surface area contributed by atoms with E-state index >= 15 is 0 Å². The fourth-order valence-electron chi connectivity index (χ4n) is 2.53. The number of sulfonamides is 1. The van der Waals surface area contributed by atoms with E-state index in [1.807, 2.05) is 0 Å². The van der Waals surface area contributed by atoms with E-state index in [1.54, 1.807) is 25.3 Å².